The summed E-state index contributed by atoms with van der Waals surface area (Å²) in [5.74, 6) is 0.869. The van der Waals surface area contributed by atoms with E-state index in [0.29, 0.717) is 0 Å². The van der Waals surface area contributed by atoms with Crippen molar-refractivity contribution in [3.8, 4) is 11.3 Å². The Bertz CT molecular complexity index is 999. The maximum absolute atomic E-state index is 6.21. The Labute approximate surface area is 166 Å². The number of rotatable bonds is 5. The van der Waals surface area contributed by atoms with E-state index in [1.54, 1.807) is 4.90 Å². The molecule has 0 radical (unpaired) electrons. The Morgan fingerprint density at radius 3 is 2.46 bits per heavy atom. The van der Waals surface area contributed by atoms with E-state index in [1.807, 2.05) is 0 Å². The monoisotopic (exact) mass is 377 g/mol. The molecule has 28 heavy (non-hydrogen) atoms. The van der Waals surface area contributed by atoms with Crippen molar-refractivity contribution in [2.75, 3.05) is 39.4 Å². The molecule has 3 aromatic rings. The molecular weight excluding hydrogens is 348 g/mol. The molecule has 2 heterocycles. The van der Waals surface area contributed by atoms with E-state index in [2.05, 4.69) is 62.4 Å². The predicted molar refractivity (Wildman–Crippen MR) is 113 cm³/mol. The van der Waals surface area contributed by atoms with Crippen molar-refractivity contribution in [3.63, 3.8) is 0 Å². The van der Waals surface area contributed by atoms with Gasteiger partial charge in [0.15, 0.2) is 0 Å². The summed E-state index contributed by atoms with van der Waals surface area (Å²) in [6.45, 7) is 10.2. The molecule has 0 bridgehead atoms. The van der Waals surface area contributed by atoms with Crippen LogP contribution in [0.5, 0.6) is 0 Å². The first-order chi connectivity index (χ1) is 13.7. The summed E-state index contributed by atoms with van der Waals surface area (Å²) >= 11 is 0. The van der Waals surface area contributed by atoms with Crippen molar-refractivity contribution in [2.24, 2.45) is 4.99 Å². The van der Waals surface area contributed by atoms with Crippen LogP contribution in [-0.4, -0.2) is 39.4 Å². The molecule has 1 N–H and O–H groups in total. The third kappa shape index (κ3) is 4.51. The smallest absolute Gasteiger partial charge is 0.136 e. The number of aryl methyl sites for hydroxylation is 2. The quantitative estimate of drug-likeness (QED) is 0.695. The lowest BCUT2D eigenvalue weighted by Crippen LogP contribution is -3.14. The zero-order valence-corrected chi connectivity index (χ0v) is 16.8. The number of benzene rings is 2. The van der Waals surface area contributed by atoms with Crippen LogP contribution in [0.15, 0.2) is 57.9 Å². The standard InChI is InChI=1S/C24H28N2O2/c1-18-4-7-20(8-5-18)24-17-22(21-16-19(2)6-9-23(21)28-24)25-10-3-11-26-12-14-27-15-13-26/h4-9,16-17H,3,10-15H2,1-2H3/p+1. The van der Waals surface area contributed by atoms with Gasteiger partial charge in [-0.05, 0) is 26.0 Å². The number of ether oxygens (including phenoxy) is 1. The summed E-state index contributed by atoms with van der Waals surface area (Å²) in [5, 5.41) is 2.12. The van der Waals surface area contributed by atoms with E-state index in [-0.39, 0.29) is 0 Å². The van der Waals surface area contributed by atoms with Crippen LogP contribution in [-0.2, 0) is 4.74 Å². The molecule has 0 amide bonds. The molecule has 1 aliphatic rings. The molecule has 4 nitrogen and oxygen atoms in total. The van der Waals surface area contributed by atoms with Crippen molar-refractivity contribution in [1.29, 1.82) is 0 Å². The molecule has 146 valence electrons. The van der Waals surface area contributed by atoms with Crippen LogP contribution in [0.4, 0.5) is 0 Å². The molecule has 1 aliphatic heterocycles. The van der Waals surface area contributed by atoms with Crippen molar-refractivity contribution in [3.05, 3.63) is 65.0 Å². The molecule has 0 spiro atoms. The highest BCUT2D eigenvalue weighted by Crippen LogP contribution is 2.23. The first-order valence-corrected chi connectivity index (χ1v) is 10.2. The van der Waals surface area contributed by atoms with Crippen LogP contribution in [0.2, 0.25) is 0 Å². The van der Waals surface area contributed by atoms with E-state index in [0.717, 1.165) is 73.5 Å². The largest absolute Gasteiger partial charge is 0.456 e. The maximum atomic E-state index is 6.21. The molecule has 4 rings (SSSR count). The van der Waals surface area contributed by atoms with Crippen LogP contribution >= 0.6 is 0 Å². The van der Waals surface area contributed by atoms with Gasteiger partial charge in [0.2, 0.25) is 0 Å². The molecular formula is C24H29N2O2+. The summed E-state index contributed by atoms with van der Waals surface area (Å²) in [7, 11) is 0. The number of quaternary nitrogens is 1. The topological polar surface area (TPSA) is 39.2 Å². The predicted octanol–water partition coefficient (Wildman–Crippen LogP) is 2.92. The number of hydrogen-bond donors (Lipinski definition) is 1. The van der Waals surface area contributed by atoms with E-state index < -0.39 is 0 Å². The van der Waals surface area contributed by atoms with Crippen LogP contribution in [0.25, 0.3) is 22.3 Å². The van der Waals surface area contributed by atoms with Gasteiger partial charge in [0.05, 0.1) is 25.1 Å². The normalized spacial score (nSPS) is 16.0. The third-order valence-electron chi connectivity index (χ3n) is 5.41. The number of hydrogen-bond acceptors (Lipinski definition) is 3. The minimum atomic E-state index is 0.838. The highest BCUT2D eigenvalue weighted by molar-refractivity contribution is 5.79. The molecule has 0 saturated carbocycles. The van der Waals surface area contributed by atoms with Gasteiger partial charge in [-0.25, -0.2) is 0 Å². The van der Waals surface area contributed by atoms with E-state index in [4.69, 9.17) is 14.1 Å². The average Bonchev–Trinajstić information content (AvgIpc) is 2.72. The molecule has 0 atom stereocenters. The Kier molecular flexibility index (Phi) is 5.89. The first kappa shape index (κ1) is 18.9. The molecule has 1 saturated heterocycles. The summed E-state index contributed by atoms with van der Waals surface area (Å²) < 4.78 is 11.6. The second-order valence-electron chi connectivity index (χ2n) is 7.71. The fourth-order valence-electron chi connectivity index (χ4n) is 3.71. The molecule has 2 aromatic carbocycles. The highest BCUT2D eigenvalue weighted by Gasteiger charge is 2.12. The second kappa shape index (κ2) is 8.72. The summed E-state index contributed by atoms with van der Waals surface area (Å²) in [5.41, 5.74) is 4.44. The van der Waals surface area contributed by atoms with Gasteiger partial charge in [-0.3, -0.25) is 4.99 Å². The second-order valence-corrected chi connectivity index (χ2v) is 7.71. The Hall–Kier alpha value is -2.43. The fraction of sp³-hybridized carbons (Fsp3) is 0.375. The minimum absolute atomic E-state index is 0.838. The van der Waals surface area contributed by atoms with Gasteiger partial charge < -0.3 is 14.1 Å². The molecule has 0 unspecified atom stereocenters. The van der Waals surface area contributed by atoms with E-state index in [1.165, 1.54) is 11.1 Å². The lowest BCUT2D eigenvalue weighted by Gasteiger charge is -2.23. The Morgan fingerprint density at radius 1 is 0.929 bits per heavy atom. The van der Waals surface area contributed by atoms with E-state index >= 15 is 0 Å². The zero-order chi connectivity index (χ0) is 19.3. The summed E-state index contributed by atoms with van der Waals surface area (Å²) in [4.78, 5) is 6.59. The summed E-state index contributed by atoms with van der Waals surface area (Å²) in [6, 6.07) is 16.9. The number of nitrogens with zero attached hydrogens (tertiary/aromatic N) is 1. The maximum Gasteiger partial charge on any atom is 0.136 e. The number of fused-ring (bicyclic) bond motifs is 1. The van der Waals surface area contributed by atoms with Gasteiger partial charge >= 0.3 is 0 Å². The van der Waals surface area contributed by atoms with Crippen LogP contribution in [0, 0.1) is 13.8 Å². The lowest BCUT2D eigenvalue weighted by molar-refractivity contribution is -0.908. The van der Waals surface area contributed by atoms with Gasteiger partial charge in [-0.2, -0.15) is 0 Å². The van der Waals surface area contributed by atoms with Gasteiger partial charge in [0.1, 0.15) is 24.4 Å². The van der Waals surface area contributed by atoms with Gasteiger partial charge in [-0.1, -0.05) is 41.5 Å². The van der Waals surface area contributed by atoms with Gasteiger partial charge in [0.25, 0.3) is 0 Å². The Balaban J connectivity index is 1.62. The van der Waals surface area contributed by atoms with Gasteiger partial charge in [-0.15, -0.1) is 0 Å². The van der Waals surface area contributed by atoms with Crippen molar-refractivity contribution in [2.45, 2.75) is 20.3 Å². The number of morpholine rings is 1. The fourth-order valence-corrected chi connectivity index (χ4v) is 3.71. The SMILES string of the molecule is Cc1ccc(-c2cc(=NCCC[NH+]3CCOCC3)c3cc(C)ccc3o2)cc1. The van der Waals surface area contributed by atoms with Crippen molar-refractivity contribution in [1.82, 2.24) is 0 Å². The first-order valence-electron chi connectivity index (χ1n) is 10.2. The third-order valence-corrected chi connectivity index (χ3v) is 5.41. The van der Waals surface area contributed by atoms with Crippen LogP contribution in [0.1, 0.15) is 17.5 Å². The Morgan fingerprint density at radius 2 is 1.68 bits per heavy atom. The zero-order valence-electron chi connectivity index (χ0n) is 16.8. The lowest BCUT2D eigenvalue weighted by atomic mass is 10.1. The minimum Gasteiger partial charge on any atom is -0.456 e. The highest BCUT2D eigenvalue weighted by atomic mass is 16.5. The molecule has 4 heteroatoms. The number of nitrogens with one attached hydrogen (secondary N) is 1. The van der Waals surface area contributed by atoms with Crippen molar-refractivity contribution < 1.29 is 14.1 Å². The van der Waals surface area contributed by atoms with Crippen LogP contribution in [0.3, 0.4) is 0 Å². The van der Waals surface area contributed by atoms with Crippen LogP contribution < -0.4 is 10.3 Å². The average molecular weight is 378 g/mol. The molecule has 1 aromatic heterocycles. The molecule has 0 aliphatic carbocycles. The van der Waals surface area contributed by atoms with Gasteiger partial charge in [0, 0.05) is 30.0 Å². The van der Waals surface area contributed by atoms with E-state index in [9.17, 15) is 0 Å². The molecule has 1 fully saturated rings. The van der Waals surface area contributed by atoms with Crippen molar-refractivity contribution >= 4 is 11.0 Å². The summed E-state index contributed by atoms with van der Waals surface area (Å²) in [6.07, 6.45) is 1.09.